The summed E-state index contributed by atoms with van der Waals surface area (Å²) in [6.45, 7) is 2.63. The summed E-state index contributed by atoms with van der Waals surface area (Å²) in [7, 11) is 1.38. The molecule has 2 aromatic rings. The van der Waals surface area contributed by atoms with Crippen LogP contribution >= 0.6 is 0 Å². The van der Waals surface area contributed by atoms with Crippen LogP contribution in [-0.2, 0) is 22.6 Å². The standard InChI is InChI=1S/C22H28N2O4/c1-27-22(26)24-14-20(15-25)23(12-18-8-4-2-5-9-18)13-21(24)17-28-16-19-10-6-3-7-11-19/h2-11,20-21,25H,12-17H2,1H3/t20?,21-/m0/s1. The van der Waals surface area contributed by atoms with Crippen molar-refractivity contribution in [2.45, 2.75) is 25.2 Å². The molecule has 1 unspecified atom stereocenters. The molecule has 2 atom stereocenters. The van der Waals surface area contributed by atoms with Crippen molar-refractivity contribution < 1.29 is 19.4 Å². The number of carbonyl (C=O) groups excluding carboxylic acids is 1. The molecule has 1 fully saturated rings. The fourth-order valence-corrected chi connectivity index (χ4v) is 3.57. The fraction of sp³-hybridized carbons (Fsp3) is 0.409. The van der Waals surface area contributed by atoms with Gasteiger partial charge in [0.15, 0.2) is 0 Å². The van der Waals surface area contributed by atoms with Crippen molar-refractivity contribution in [3.05, 3.63) is 71.8 Å². The van der Waals surface area contributed by atoms with E-state index in [1.54, 1.807) is 4.90 Å². The predicted octanol–water partition coefficient (Wildman–Crippen LogP) is 2.52. The van der Waals surface area contributed by atoms with Gasteiger partial charge in [-0.05, 0) is 11.1 Å². The maximum absolute atomic E-state index is 12.3. The van der Waals surface area contributed by atoms with Gasteiger partial charge in [-0.15, -0.1) is 0 Å². The van der Waals surface area contributed by atoms with Crippen molar-refractivity contribution in [1.82, 2.24) is 9.80 Å². The molecule has 0 aliphatic carbocycles. The molecule has 3 rings (SSSR count). The van der Waals surface area contributed by atoms with Gasteiger partial charge < -0.3 is 14.6 Å². The first-order chi connectivity index (χ1) is 13.7. The molecule has 1 saturated heterocycles. The monoisotopic (exact) mass is 384 g/mol. The largest absolute Gasteiger partial charge is 0.453 e. The van der Waals surface area contributed by atoms with Crippen LogP contribution in [0.3, 0.4) is 0 Å². The van der Waals surface area contributed by atoms with E-state index in [0.29, 0.717) is 26.3 Å². The number of nitrogens with zero attached hydrogens (tertiary/aromatic N) is 2. The molecule has 0 radical (unpaired) electrons. The highest BCUT2D eigenvalue weighted by atomic mass is 16.5. The Morgan fingerprint density at radius 3 is 2.25 bits per heavy atom. The average molecular weight is 384 g/mol. The molecule has 0 saturated carbocycles. The van der Waals surface area contributed by atoms with Crippen LogP contribution < -0.4 is 0 Å². The Bertz CT molecular complexity index is 726. The summed E-state index contributed by atoms with van der Waals surface area (Å²) in [4.78, 5) is 16.2. The van der Waals surface area contributed by atoms with Crippen molar-refractivity contribution in [3.63, 3.8) is 0 Å². The molecule has 1 amide bonds. The maximum atomic E-state index is 12.3. The van der Waals surface area contributed by atoms with Crippen molar-refractivity contribution in [3.8, 4) is 0 Å². The second kappa shape index (κ2) is 10.2. The van der Waals surface area contributed by atoms with Gasteiger partial charge in [0.05, 0.1) is 39.0 Å². The van der Waals surface area contributed by atoms with Crippen LogP contribution in [0, 0.1) is 0 Å². The fourth-order valence-electron chi connectivity index (χ4n) is 3.57. The highest BCUT2D eigenvalue weighted by Crippen LogP contribution is 2.20. The molecule has 2 aromatic carbocycles. The molecule has 0 spiro atoms. The third-order valence-electron chi connectivity index (χ3n) is 5.08. The Labute approximate surface area is 166 Å². The van der Waals surface area contributed by atoms with Crippen molar-refractivity contribution in [2.24, 2.45) is 0 Å². The van der Waals surface area contributed by atoms with E-state index in [4.69, 9.17) is 9.47 Å². The van der Waals surface area contributed by atoms with E-state index >= 15 is 0 Å². The second-order valence-corrected chi connectivity index (χ2v) is 7.03. The lowest BCUT2D eigenvalue weighted by Crippen LogP contribution is -2.61. The number of piperazine rings is 1. The molecule has 6 nitrogen and oxygen atoms in total. The van der Waals surface area contributed by atoms with Crippen molar-refractivity contribution in [2.75, 3.05) is 33.4 Å². The molecule has 0 bridgehead atoms. The first-order valence-electron chi connectivity index (χ1n) is 9.56. The third-order valence-corrected chi connectivity index (χ3v) is 5.08. The van der Waals surface area contributed by atoms with Gasteiger partial charge in [-0.25, -0.2) is 4.79 Å². The number of methoxy groups -OCH3 is 1. The van der Waals surface area contributed by atoms with Gasteiger partial charge in [0.25, 0.3) is 0 Å². The normalized spacial score (nSPS) is 20.1. The summed E-state index contributed by atoms with van der Waals surface area (Å²) in [5.41, 5.74) is 2.27. The van der Waals surface area contributed by atoms with Gasteiger partial charge in [-0.2, -0.15) is 0 Å². The highest BCUT2D eigenvalue weighted by Gasteiger charge is 2.36. The molecule has 150 valence electrons. The molecular weight excluding hydrogens is 356 g/mol. The first-order valence-corrected chi connectivity index (χ1v) is 9.56. The smallest absolute Gasteiger partial charge is 0.409 e. The molecule has 0 aromatic heterocycles. The number of hydrogen-bond donors (Lipinski definition) is 1. The average Bonchev–Trinajstić information content (AvgIpc) is 2.75. The van der Waals surface area contributed by atoms with Crippen molar-refractivity contribution >= 4 is 6.09 Å². The van der Waals surface area contributed by atoms with Gasteiger partial charge in [0.1, 0.15) is 0 Å². The van der Waals surface area contributed by atoms with E-state index in [1.165, 1.54) is 12.7 Å². The third kappa shape index (κ3) is 5.32. The Kier molecular flexibility index (Phi) is 7.42. The summed E-state index contributed by atoms with van der Waals surface area (Å²) >= 11 is 0. The van der Waals surface area contributed by atoms with Gasteiger partial charge >= 0.3 is 6.09 Å². The number of aliphatic hydroxyl groups is 1. The van der Waals surface area contributed by atoms with E-state index in [0.717, 1.165) is 12.1 Å². The molecule has 1 N–H and O–H groups in total. The zero-order chi connectivity index (χ0) is 19.8. The Morgan fingerprint density at radius 2 is 1.64 bits per heavy atom. The molecule has 6 heteroatoms. The quantitative estimate of drug-likeness (QED) is 0.795. The Balaban J connectivity index is 1.67. The number of amides is 1. The second-order valence-electron chi connectivity index (χ2n) is 7.03. The lowest BCUT2D eigenvalue weighted by Gasteiger charge is -2.45. The van der Waals surface area contributed by atoms with Crippen molar-refractivity contribution in [1.29, 1.82) is 0 Å². The number of ether oxygens (including phenoxy) is 2. The Morgan fingerprint density at radius 1 is 1.00 bits per heavy atom. The Hall–Kier alpha value is -2.41. The van der Waals surface area contributed by atoms with E-state index in [-0.39, 0.29) is 24.8 Å². The first kappa shape index (κ1) is 20.3. The summed E-state index contributed by atoms with van der Waals surface area (Å²) in [5, 5.41) is 9.87. The molecule has 28 heavy (non-hydrogen) atoms. The van der Waals surface area contributed by atoms with Crippen LogP contribution in [0.4, 0.5) is 4.79 Å². The van der Waals surface area contributed by atoms with Gasteiger partial charge in [0, 0.05) is 19.6 Å². The summed E-state index contributed by atoms with van der Waals surface area (Å²) in [6.07, 6.45) is -0.383. The predicted molar refractivity (Wildman–Crippen MR) is 107 cm³/mol. The van der Waals surface area contributed by atoms with Gasteiger partial charge in [-0.1, -0.05) is 60.7 Å². The topological polar surface area (TPSA) is 62.2 Å². The van der Waals surface area contributed by atoms with Gasteiger partial charge in [0.2, 0.25) is 0 Å². The molecule has 1 aliphatic rings. The number of aliphatic hydroxyl groups excluding tert-OH is 1. The number of rotatable bonds is 7. The maximum Gasteiger partial charge on any atom is 0.409 e. The van der Waals surface area contributed by atoms with Crippen LogP contribution in [0.2, 0.25) is 0 Å². The van der Waals surface area contributed by atoms with Crippen LogP contribution in [0.15, 0.2) is 60.7 Å². The minimum atomic E-state index is -0.383. The summed E-state index contributed by atoms with van der Waals surface area (Å²) < 4.78 is 10.9. The number of benzene rings is 2. The zero-order valence-corrected chi connectivity index (χ0v) is 16.2. The lowest BCUT2D eigenvalue weighted by molar-refractivity contribution is -0.0309. The molecule has 1 heterocycles. The summed E-state index contributed by atoms with van der Waals surface area (Å²) in [6, 6.07) is 19.8. The number of hydrogen-bond acceptors (Lipinski definition) is 5. The van der Waals surface area contributed by atoms with Crippen LogP contribution in [0.5, 0.6) is 0 Å². The summed E-state index contributed by atoms with van der Waals surface area (Å²) in [5.74, 6) is 0. The zero-order valence-electron chi connectivity index (χ0n) is 16.2. The van der Waals surface area contributed by atoms with Crippen LogP contribution in [0.25, 0.3) is 0 Å². The minimum absolute atomic E-state index is 0.0160. The van der Waals surface area contributed by atoms with E-state index in [9.17, 15) is 9.90 Å². The van der Waals surface area contributed by atoms with Crippen LogP contribution in [-0.4, -0.2) is 66.5 Å². The van der Waals surface area contributed by atoms with Crippen LogP contribution in [0.1, 0.15) is 11.1 Å². The van der Waals surface area contributed by atoms with Gasteiger partial charge in [-0.3, -0.25) is 9.80 Å². The van der Waals surface area contributed by atoms with E-state index in [1.807, 2.05) is 48.5 Å². The number of carbonyl (C=O) groups is 1. The SMILES string of the molecule is COC(=O)N1CC(CO)N(Cc2ccccc2)C[C@H]1COCc1ccccc1. The molecule has 1 aliphatic heterocycles. The molecular formula is C22H28N2O4. The van der Waals surface area contributed by atoms with E-state index < -0.39 is 0 Å². The minimum Gasteiger partial charge on any atom is -0.453 e. The van der Waals surface area contributed by atoms with E-state index in [2.05, 4.69) is 17.0 Å². The lowest BCUT2D eigenvalue weighted by atomic mass is 10.1. The highest BCUT2D eigenvalue weighted by molar-refractivity contribution is 5.68.